The van der Waals surface area contributed by atoms with Gasteiger partial charge in [0, 0.05) is 25.2 Å². The van der Waals surface area contributed by atoms with E-state index in [1.807, 2.05) is 58.0 Å². The van der Waals surface area contributed by atoms with Gasteiger partial charge in [-0.2, -0.15) is 0 Å². The number of nitrogens with one attached hydrogen (secondary N) is 1. The van der Waals surface area contributed by atoms with Crippen LogP contribution in [-0.2, 0) is 35.0 Å². The highest BCUT2D eigenvalue weighted by Gasteiger charge is 2.60. The molecule has 0 aliphatic carbocycles. The lowest BCUT2D eigenvalue weighted by molar-refractivity contribution is -0.237. The quantitative estimate of drug-likeness (QED) is 0.674. The Bertz CT molecular complexity index is 900. The molecule has 4 heterocycles. The van der Waals surface area contributed by atoms with Gasteiger partial charge in [0.05, 0.1) is 0 Å². The Labute approximate surface area is 207 Å². The number of rotatable bonds is 5. The van der Waals surface area contributed by atoms with Crippen molar-refractivity contribution in [2.45, 2.75) is 102 Å². The van der Waals surface area contributed by atoms with Gasteiger partial charge in [0.2, 0.25) is 0 Å². The number of carbonyl (C=O) groups is 1. The van der Waals surface area contributed by atoms with Crippen molar-refractivity contribution in [3.8, 4) is 0 Å². The predicted octanol–water partition coefficient (Wildman–Crippen LogP) is 3.16. The summed E-state index contributed by atoms with van der Waals surface area (Å²) in [5.74, 6) is -1.43. The van der Waals surface area contributed by atoms with Crippen molar-refractivity contribution < 1.29 is 33.2 Å². The third-order valence-electron chi connectivity index (χ3n) is 7.27. The van der Waals surface area contributed by atoms with Crippen molar-refractivity contribution >= 4 is 6.09 Å². The van der Waals surface area contributed by atoms with Crippen molar-refractivity contribution in [3.05, 3.63) is 35.9 Å². The molecule has 1 aromatic rings. The molecule has 9 nitrogen and oxygen atoms in total. The average Bonchev–Trinajstić information content (AvgIpc) is 3.29. The fourth-order valence-electron chi connectivity index (χ4n) is 5.45. The number of benzene rings is 1. The minimum absolute atomic E-state index is 0.200. The molecule has 194 valence electrons. The van der Waals surface area contributed by atoms with Crippen LogP contribution in [0.4, 0.5) is 4.79 Å². The molecule has 0 saturated carbocycles. The van der Waals surface area contributed by atoms with Gasteiger partial charge < -0.3 is 38.6 Å². The van der Waals surface area contributed by atoms with E-state index in [0.29, 0.717) is 6.54 Å². The molecule has 0 bridgehead atoms. The summed E-state index contributed by atoms with van der Waals surface area (Å²) in [6.07, 6.45) is -0.225. The van der Waals surface area contributed by atoms with E-state index in [1.165, 1.54) is 0 Å². The number of piperidine rings is 1. The molecule has 0 unspecified atom stereocenters. The van der Waals surface area contributed by atoms with Crippen LogP contribution < -0.4 is 5.32 Å². The second kappa shape index (κ2) is 9.28. The molecule has 5 atom stereocenters. The van der Waals surface area contributed by atoms with Gasteiger partial charge in [-0.05, 0) is 53.0 Å². The van der Waals surface area contributed by atoms with Crippen molar-refractivity contribution in [3.63, 3.8) is 0 Å². The van der Waals surface area contributed by atoms with Gasteiger partial charge in [0.15, 0.2) is 17.9 Å². The number of hydrogen-bond acceptors (Lipinski definition) is 8. The molecule has 0 spiro atoms. The summed E-state index contributed by atoms with van der Waals surface area (Å²) < 4.78 is 36.4. The summed E-state index contributed by atoms with van der Waals surface area (Å²) in [5.41, 5.74) is 0.657. The number of fused-ring (bicyclic) bond motifs is 3. The van der Waals surface area contributed by atoms with Gasteiger partial charge in [0.25, 0.3) is 0 Å². The Hall–Kier alpha value is -1.75. The third kappa shape index (κ3) is 5.65. The lowest BCUT2D eigenvalue weighted by Crippen LogP contribution is -2.59. The molecule has 9 heteroatoms. The van der Waals surface area contributed by atoms with E-state index < -0.39 is 17.9 Å². The summed E-state index contributed by atoms with van der Waals surface area (Å²) in [6.45, 7) is 12.3. The first kappa shape index (κ1) is 24.9. The van der Waals surface area contributed by atoms with E-state index in [4.69, 9.17) is 28.4 Å². The Morgan fingerprint density at radius 3 is 2.29 bits per heavy atom. The molecule has 4 aliphatic rings. The van der Waals surface area contributed by atoms with Crippen LogP contribution in [-0.4, -0.2) is 78.4 Å². The summed E-state index contributed by atoms with van der Waals surface area (Å²) >= 11 is 0. The molecule has 1 N–H and O–H groups in total. The van der Waals surface area contributed by atoms with Crippen LogP contribution in [0.5, 0.6) is 0 Å². The molecular weight excluding hydrogens is 452 g/mol. The van der Waals surface area contributed by atoms with Gasteiger partial charge in [-0.25, -0.2) is 4.79 Å². The minimum Gasteiger partial charge on any atom is -0.445 e. The standard InChI is InChI=1S/C26H38N2O7/c1-24(2)32-19-18(31-22-21(20(19)33-24)34-25(3,4)35-22)15-28-13-11-26(5,12-14-28)27-23(29)30-16-17-9-7-6-8-10-17/h6-10,18-22H,11-16H2,1-5H3,(H,27,29)/t18-,19+,20+,21-,22-/m1/s1. The van der Waals surface area contributed by atoms with Crippen LogP contribution in [0.1, 0.15) is 53.0 Å². The van der Waals surface area contributed by atoms with Crippen molar-refractivity contribution in [1.29, 1.82) is 0 Å². The van der Waals surface area contributed by atoms with Crippen LogP contribution in [0.2, 0.25) is 0 Å². The number of likely N-dealkylation sites (tertiary alicyclic amines) is 1. The number of nitrogens with zero attached hydrogens (tertiary/aromatic N) is 1. The summed E-state index contributed by atoms with van der Waals surface area (Å²) in [7, 11) is 0. The number of alkyl carbamates (subject to hydrolysis) is 1. The van der Waals surface area contributed by atoms with E-state index in [-0.39, 0.29) is 42.7 Å². The zero-order valence-electron chi connectivity index (χ0n) is 21.3. The zero-order chi connectivity index (χ0) is 24.8. The topological polar surface area (TPSA) is 87.7 Å². The lowest BCUT2D eigenvalue weighted by Gasteiger charge is -2.43. The highest BCUT2D eigenvalue weighted by molar-refractivity contribution is 5.68. The first-order valence-corrected chi connectivity index (χ1v) is 12.6. The molecule has 4 fully saturated rings. The molecule has 4 saturated heterocycles. The Balaban J connectivity index is 1.14. The third-order valence-corrected chi connectivity index (χ3v) is 7.27. The summed E-state index contributed by atoms with van der Waals surface area (Å²) in [6, 6.07) is 9.69. The smallest absolute Gasteiger partial charge is 0.407 e. The van der Waals surface area contributed by atoms with Crippen LogP contribution >= 0.6 is 0 Å². The normalized spacial score (nSPS) is 35.2. The van der Waals surface area contributed by atoms with Crippen molar-refractivity contribution in [2.75, 3.05) is 19.6 Å². The Morgan fingerprint density at radius 1 is 0.943 bits per heavy atom. The predicted molar refractivity (Wildman–Crippen MR) is 126 cm³/mol. The van der Waals surface area contributed by atoms with E-state index in [2.05, 4.69) is 17.1 Å². The molecule has 0 aromatic heterocycles. The Kier molecular flexibility index (Phi) is 6.61. The molecule has 1 amide bonds. The fraction of sp³-hybridized carbons (Fsp3) is 0.731. The van der Waals surface area contributed by atoms with E-state index in [1.54, 1.807) is 0 Å². The first-order valence-electron chi connectivity index (χ1n) is 12.6. The average molecular weight is 491 g/mol. The summed E-state index contributed by atoms with van der Waals surface area (Å²) in [4.78, 5) is 14.8. The zero-order valence-corrected chi connectivity index (χ0v) is 21.3. The molecule has 5 rings (SSSR count). The monoisotopic (exact) mass is 490 g/mol. The van der Waals surface area contributed by atoms with Gasteiger partial charge in [-0.1, -0.05) is 30.3 Å². The first-order chi connectivity index (χ1) is 16.5. The number of ether oxygens (including phenoxy) is 6. The van der Waals surface area contributed by atoms with Gasteiger partial charge in [-0.3, -0.25) is 0 Å². The van der Waals surface area contributed by atoms with Crippen molar-refractivity contribution in [2.24, 2.45) is 0 Å². The van der Waals surface area contributed by atoms with Crippen LogP contribution in [0.15, 0.2) is 30.3 Å². The Morgan fingerprint density at radius 2 is 1.57 bits per heavy atom. The van der Waals surface area contributed by atoms with Crippen LogP contribution in [0.3, 0.4) is 0 Å². The van der Waals surface area contributed by atoms with E-state index in [9.17, 15) is 4.79 Å². The van der Waals surface area contributed by atoms with Gasteiger partial charge >= 0.3 is 6.09 Å². The maximum absolute atomic E-state index is 12.4. The largest absolute Gasteiger partial charge is 0.445 e. The maximum atomic E-state index is 12.4. The second-order valence-electron chi connectivity index (χ2n) is 11.3. The van der Waals surface area contributed by atoms with Crippen molar-refractivity contribution in [1.82, 2.24) is 10.2 Å². The minimum atomic E-state index is -0.724. The molecule has 35 heavy (non-hydrogen) atoms. The number of hydrogen-bond donors (Lipinski definition) is 1. The van der Waals surface area contributed by atoms with Gasteiger partial charge in [-0.15, -0.1) is 0 Å². The molecular formula is C26H38N2O7. The second-order valence-corrected chi connectivity index (χ2v) is 11.3. The highest BCUT2D eigenvalue weighted by atomic mass is 16.9. The number of carbonyl (C=O) groups excluding carboxylic acids is 1. The number of amides is 1. The lowest BCUT2D eigenvalue weighted by atomic mass is 9.89. The molecule has 0 radical (unpaired) electrons. The van der Waals surface area contributed by atoms with Gasteiger partial charge in [0.1, 0.15) is 31.0 Å². The van der Waals surface area contributed by atoms with E-state index in [0.717, 1.165) is 31.5 Å². The SMILES string of the molecule is CC1(NC(=O)OCc2ccccc2)CCN(C[C@H]2O[C@@H]3OC(C)(C)O[C@@H]3[C@H]3OC(C)(C)O[C@H]32)CC1. The fourth-order valence-corrected chi connectivity index (χ4v) is 5.45. The highest BCUT2D eigenvalue weighted by Crippen LogP contribution is 2.44. The molecule has 1 aromatic carbocycles. The summed E-state index contributed by atoms with van der Waals surface area (Å²) in [5, 5.41) is 3.08. The van der Waals surface area contributed by atoms with Crippen LogP contribution in [0, 0.1) is 0 Å². The van der Waals surface area contributed by atoms with Crippen LogP contribution in [0.25, 0.3) is 0 Å². The van der Waals surface area contributed by atoms with E-state index >= 15 is 0 Å². The molecule has 4 aliphatic heterocycles. The maximum Gasteiger partial charge on any atom is 0.407 e.